The van der Waals surface area contributed by atoms with Crippen molar-refractivity contribution < 1.29 is 9.90 Å². The van der Waals surface area contributed by atoms with Gasteiger partial charge in [-0.05, 0) is 42.4 Å². The Bertz CT molecular complexity index is 378. The topological polar surface area (TPSA) is 37.3 Å². The van der Waals surface area contributed by atoms with E-state index in [2.05, 4.69) is 13.0 Å². The van der Waals surface area contributed by atoms with Gasteiger partial charge in [-0.25, -0.2) is 4.79 Å². The molecule has 2 rings (SSSR count). The number of aryl methyl sites for hydroxylation is 1. The number of rotatable bonds is 3. The maximum Gasteiger partial charge on any atom is 0.335 e. The van der Waals surface area contributed by atoms with Crippen LogP contribution in [0.25, 0.3) is 0 Å². The van der Waals surface area contributed by atoms with Gasteiger partial charge in [0.1, 0.15) is 0 Å². The van der Waals surface area contributed by atoms with Crippen molar-refractivity contribution >= 4 is 5.97 Å². The van der Waals surface area contributed by atoms with Crippen molar-refractivity contribution in [3.63, 3.8) is 0 Å². The molecule has 0 radical (unpaired) electrons. The first kappa shape index (κ1) is 10.2. The quantitative estimate of drug-likeness (QED) is 0.820. The summed E-state index contributed by atoms with van der Waals surface area (Å²) in [7, 11) is 0. The summed E-state index contributed by atoms with van der Waals surface area (Å²) in [6.07, 6.45) is 4.50. The minimum absolute atomic E-state index is 0.489. The van der Waals surface area contributed by atoms with Crippen LogP contribution in [-0.2, 0) is 6.42 Å². The largest absolute Gasteiger partial charge is 0.478 e. The van der Waals surface area contributed by atoms with E-state index in [0.717, 1.165) is 24.8 Å². The molecule has 0 aliphatic heterocycles. The Balaban J connectivity index is 2.40. The van der Waals surface area contributed by atoms with Crippen LogP contribution in [0.4, 0.5) is 0 Å². The van der Waals surface area contributed by atoms with Crippen LogP contribution in [-0.4, -0.2) is 11.1 Å². The summed E-state index contributed by atoms with van der Waals surface area (Å²) in [6, 6.07) is 5.76. The van der Waals surface area contributed by atoms with E-state index in [1.165, 1.54) is 12.0 Å². The molecule has 0 unspecified atom stereocenters. The van der Waals surface area contributed by atoms with Crippen molar-refractivity contribution in [3.8, 4) is 0 Å². The van der Waals surface area contributed by atoms with Gasteiger partial charge in [0.2, 0.25) is 0 Å². The standard InChI is InChI=1S/C13H16O2/c1-2-9-6-7-11(13(14)15)12(8-9)10-4-3-5-10/h6-8,10H,2-5H2,1H3,(H,14,15). The number of carboxylic acid groups (broad SMARTS) is 1. The Labute approximate surface area is 89.9 Å². The fourth-order valence-electron chi connectivity index (χ4n) is 2.08. The third kappa shape index (κ3) is 1.89. The van der Waals surface area contributed by atoms with Gasteiger partial charge < -0.3 is 5.11 Å². The molecule has 0 amide bonds. The summed E-state index contributed by atoms with van der Waals surface area (Å²) in [5.41, 5.74) is 2.78. The second kappa shape index (κ2) is 4.05. The van der Waals surface area contributed by atoms with Crippen molar-refractivity contribution in [3.05, 3.63) is 34.9 Å². The number of carbonyl (C=O) groups is 1. The van der Waals surface area contributed by atoms with Gasteiger partial charge in [0, 0.05) is 0 Å². The summed E-state index contributed by atoms with van der Waals surface area (Å²) in [6.45, 7) is 2.10. The molecule has 0 heterocycles. The van der Waals surface area contributed by atoms with E-state index in [0.29, 0.717) is 11.5 Å². The predicted octanol–water partition coefficient (Wildman–Crippen LogP) is 3.21. The van der Waals surface area contributed by atoms with Gasteiger partial charge in [0.15, 0.2) is 0 Å². The van der Waals surface area contributed by atoms with Gasteiger partial charge in [0.25, 0.3) is 0 Å². The Kier molecular flexibility index (Phi) is 2.76. The summed E-state index contributed by atoms with van der Waals surface area (Å²) in [5.74, 6) is -0.304. The molecule has 1 aliphatic carbocycles. The molecule has 1 N–H and O–H groups in total. The van der Waals surface area contributed by atoms with Crippen LogP contribution in [0.15, 0.2) is 18.2 Å². The zero-order chi connectivity index (χ0) is 10.8. The second-order valence-electron chi connectivity index (χ2n) is 4.21. The predicted molar refractivity (Wildman–Crippen MR) is 59.4 cm³/mol. The van der Waals surface area contributed by atoms with Gasteiger partial charge in [-0.3, -0.25) is 0 Å². The average Bonchev–Trinajstić information content (AvgIpc) is 2.14. The smallest absolute Gasteiger partial charge is 0.335 e. The lowest BCUT2D eigenvalue weighted by atomic mass is 9.77. The maximum atomic E-state index is 11.1. The maximum absolute atomic E-state index is 11.1. The Morgan fingerprint density at radius 1 is 1.47 bits per heavy atom. The highest BCUT2D eigenvalue weighted by Gasteiger charge is 2.24. The molecule has 80 valence electrons. The zero-order valence-corrected chi connectivity index (χ0v) is 8.99. The molecule has 2 heteroatoms. The van der Waals surface area contributed by atoms with E-state index in [1.807, 2.05) is 6.07 Å². The Hall–Kier alpha value is -1.31. The minimum Gasteiger partial charge on any atom is -0.478 e. The highest BCUT2D eigenvalue weighted by atomic mass is 16.4. The van der Waals surface area contributed by atoms with E-state index in [4.69, 9.17) is 5.11 Å². The molecule has 15 heavy (non-hydrogen) atoms. The zero-order valence-electron chi connectivity index (χ0n) is 8.99. The van der Waals surface area contributed by atoms with Gasteiger partial charge in [0.05, 0.1) is 5.56 Å². The molecule has 0 spiro atoms. The summed E-state index contributed by atoms with van der Waals surface area (Å²) >= 11 is 0. The molecule has 0 bridgehead atoms. The highest BCUT2D eigenvalue weighted by Crippen LogP contribution is 2.38. The molecule has 1 fully saturated rings. The van der Waals surface area contributed by atoms with Crippen LogP contribution >= 0.6 is 0 Å². The molecule has 0 aromatic heterocycles. The summed E-state index contributed by atoms with van der Waals surface area (Å²) < 4.78 is 0. The van der Waals surface area contributed by atoms with Gasteiger partial charge in [-0.1, -0.05) is 25.5 Å². The highest BCUT2D eigenvalue weighted by molar-refractivity contribution is 5.89. The van der Waals surface area contributed by atoms with Crippen LogP contribution < -0.4 is 0 Å². The molecular formula is C13H16O2. The molecule has 1 saturated carbocycles. The van der Waals surface area contributed by atoms with Crippen molar-refractivity contribution in [1.82, 2.24) is 0 Å². The lowest BCUT2D eigenvalue weighted by Crippen LogP contribution is -2.14. The fourth-order valence-corrected chi connectivity index (χ4v) is 2.08. The number of carboxylic acids is 1. The number of benzene rings is 1. The molecule has 0 atom stereocenters. The first-order valence-corrected chi connectivity index (χ1v) is 5.58. The SMILES string of the molecule is CCc1ccc(C(=O)O)c(C2CCC2)c1. The molecule has 1 aromatic rings. The van der Waals surface area contributed by atoms with Crippen LogP contribution in [0.3, 0.4) is 0 Å². The Morgan fingerprint density at radius 3 is 2.67 bits per heavy atom. The molecule has 1 aliphatic rings. The van der Waals surface area contributed by atoms with Gasteiger partial charge in [-0.2, -0.15) is 0 Å². The Morgan fingerprint density at radius 2 is 2.20 bits per heavy atom. The normalized spacial score (nSPS) is 16.1. The lowest BCUT2D eigenvalue weighted by Gasteiger charge is -2.27. The van der Waals surface area contributed by atoms with Crippen molar-refractivity contribution in [2.24, 2.45) is 0 Å². The van der Waals surface area contributed by atoms with E-state index in [9.17, 15) is 4.79 Å². The van der Waals surface area contributed by atoms with Crippen LogP contribution in [0.2, 0.25) is 0 Å². The summed E-state index contributed by atoms with van der Waals surface area (Å²) in [5, 5.41) is 9.10. The van der Waals surface area contributed by atoms with Crippen LogP contribution in [0, 0.1) is 0 Å². The fraction of sp³-hybridized carbons (Fsp3) is 0.462. The van der Waals surface area contributed by atoms with E-state index in [1.54, 1.807) is 6.07 Å². The number of hydrogen-bond donors (Lipinski definition) is 1. The van der Waals surface area contributed by atoms with Crippen LogP contribution in [0.1, 0.15) is 53.6 Å². The van der Waals surface area contributed by atoms with Crippen LogP contribution in [0.5, 0.6) is 0 Å². The van der Waals surface area contributed by atoms with Gasteiger partial charge in [-0.15, -0.1) is 0 Å². The number of aromatic carboxylic acids is 1. The minimum atomic E-state index is -0.792. The molecule has 1 aromatic carbocycles. The van der Waals surface area contributed by atoms with E-state index < -0.39 is 5.97 Å². The molecule has 0 saturated heterocycles. The number of hydrogen-bond acceptors (Lipinski definition) is 1. The monoisotopic (exact) mass is 204 g/mol. The van der Waals surface area contributed by atoms with Crippen molar-refractivity contribution in [2.75, 3.05) is 0 Å². The molecule has 2 nitrogen and oxygen atoms in total. The van der Waals surface area contributed by atoms with Crippen molar-refractivity contribution in [1.29, 1.82) is 0 Å². The first-order valence-electron chi connectivity index (χ1n) is 5.58. The van der Waals surface area contributed by atoms with E-state index in [-0.39, 0.29) is 0 Å². The lowest BCUT2D eigenvalue weighted by molar-refractivity contribution is 0.0694. The van der Waals surface area contributed by atoms with E-state index >= 15 is 0 Å². The van der Waals surface area contributed by atoms with Gasteiger partial charge >= 0.3 is 5.97 Å². The second-order valence-corrected chi connectivity index (χ2v) is 4.21. The summed E-state index contributed by atoms with van der Waals surface area (Å²) in [4.78, 5) is 11.1. The average molecular weight is 204 g/mol. The third-order valence-corrected chi connectivity index (χ3v) is 3.30. The molecular weight excluding hydrogens is 188 g/mol. The van der Waals surface area contributed by atoms with Crippen molar-refractivity contribution in [2.45, 2.75) is 38.5 Å². The first-order chi connectivity index (χ1) is 7.22. The third-order valence-electron chi connectivity index (χ3n) is 3.30.